The Morgan fingerprint density at radius 2 is 2.04 bits per heavy atom. The molecule has 1 saturated heterocycles. The summed E-state index contributed by atoms with van der Waals surface area (Å²) >= 11 is 1.37. The van der Waals surface area contributed by atoms with Gasteiger partial charge in [0.2, 0.25) is 0 Å². The first-order valence-corrected chi connectivity index (χ1v) is 12.2. The number of carbonyl (C=O) groups is 1. The van der Waals surface area contributed by atoms with Crippen LogP contribution in [-0.4, -0.2) is 28.2 Å². The van der Waals surface area contributed by atoms with Crippen LogP contribution < -0.4 is 0 Å². The fourth-order valence-corrected chi connectivity index (χ4v) is 6.50. The Bertz CT molecular complexity index is 906. The van der Waals surface area contributed by atoms with Gasteiger partial charge in [0.25, 0.3) is 0 Å². The Morgan fingerprint density at radius 3 is 2.79 bits per heavy atom. The summed E-state index contributed by atoms with van der Waals surface area (Å²) in [6.07, 6.45) is 9.13. The molecular weight excluding hydrogens is 384 g/mol. The molecule has 4 rings (SSSR count). The number of thiol groups is 1. The van der Waals surface area contributed by atoms with Crippen molar-refractivity contribution in [2.24, 2.45) is 0 Å². The van der Waals surface area contributed by atoms with Crippen LogP contribution in [0.2, 0.25) is 0 Å². The zero-order chi connectivity index (χ0) is 19.3. The average molecular weight is 411 g/mol. The molecule has 28 heavy (non-hydrogen) atoms. The normalized spacial score (nSPS) is 22.0. The number of benzene rings is 1. The van der Waals surface area contributed by atoms with E-state index in [1.54, 1.807) is 11.3 Å². The highest BCUT2D eigenvalue weighted by molar-refractivity contribution is 8.20. The van der Waals surface area contributed by atoms with Crippen molar-refractivity contribution in [3.8, 4) is 0 Å². The molecule has 3 heterocycles. The van der Waals surface area contributed by atoms with Crippen molar-refractivity contribution in [1.29, 1.82) is 0 Å². The van der Waals surface area contributed by atoms with Crippen LogP contribution in [0.3, 0.4) is 0 Å². The lowest BCUT2D eigenvalue weighted by atomic mass is 9.99. The van der Waals surface area contributed by atoms with E-state index in [1.807, 2.05) is 19.1 Å². The van der Waals surface area contributed by atoms with Gasteiger partial charge in [-0.15, -0.1) is 11.3 Å². The third kappa shape index (κ3) is 4.54. The molecule has 2 aliphatic heterocycles. The summed E-state index contributed by atoms with van der Waals surface area (Å²) in [7, 11) is 0. The van der Waals surface area contributed by atoms with Crippen LogP contribution in [0.25, 0.3) is 12.2 Å². The molecule has 0 amide bonds. The van der Waals surface area contributed by atoms with Crippen molar-refractivity contribution in [3.63, 3.8) is 0 Å². The number of hydrogen-bond acceptors (Lipinski definition) is 4. The van der Waals surface area contributed by atoms with Gasteiger partial charge in [0.15, 0.2) is 5.78 Å². The molecule has 2 aromatic rings. The Hall–Kier alpha value is -1.95. The van der Waals surface area contributed by atoms with Crippen LogP contribution >= 0.6 is 22.4 Å². The van der Waals surface area contributed by atoms with E-state index in [9.17, 15) is 4.79 Å². The fraction of sp³-hybridized carbons (Fsp3) is 0.304. The summed E-state index contributed by atoms with van der Waals surface area (Å²) in [5, 5.41) is 7.85. The number of ketones is 1. The number of nitrogens with zero attached hydrogens (tertiary/aromatic N) is 2. The molecule has 0 bridgehead atoms. The number of allylic oxidation sites excluding steroid dienone is 2. The standard InChI is InChI=1S/C23H26N2OS2/c1-2-22(26)20-12-15-28(17-20)25-13-10-19(11-14-25)23-24-21(16-27-23)9-8-18-6-4-3-5-7-18/h3-9,12,15-17,19,28H,2,10-11,13-14H2,1H3. The Kier molecular flexibility index (Phi) is 6.25. The maximum atomic E-state index is 11.9. The molecule has 0 aliphatic carbocycles. The van der Waals surface area contributed by atoms with Crippen LogP contribution in [0, 0.1) is 0 Å². The van der Waals surface area contributed by atoms with E-state index in [-0.39, 0.29) is 5.78 Å². The van der Waals surface area contributed by atoms with Gasteiger partial charge in [0.05, 0.1) is 10.7 Å². The van der Waals surface area contributed by atoms with E-state index in [0.29, 0.717) is 12.3 Å². The molecule has 1 aromatic heterocycles. The molecule has 0 N–H and O–H groups in total. The molecule has 5 heteroatoms. The fourth-order valence-electron chi connectivity index (χ4n) is 3.58. The number of rotatable bonds is 6. The maximum Gasteiger partial charge on any atom is 0.163 e. The van der Waals surface area contributed by atoms with Gasteiger partial charge in [-0.3, -0.25) is 9.10 Å². The van der Waals surface area contributed by atoms with Gasteiger partial charge in [-0.05, 0) is 41.4 Å². The molecule has 3 nitrogen and oxygen atoms in total. The lowest BCUT2D eigenvalue weighted by molar-refractivity contribution is -0.114. The van der Waals surface area contributed by atoms with E-state index in [4.69, 9.17) is 4.98 Å². The van der Waals surface area contributed by atoms with E-state index in [0.717, 1.165) is 37.2 Å². The largest absolute Gasteiger partial charge is 0.294 e. The van der Waals surface area contributed by atoms with Crippen molar-refractivity contribution >= 4 is 40.4 Å². The highest BCUT2D eigenvalue weighted by Gasteiger charge is 2.26. The highest BCUT2D eigenvalue weighted by Crippen LogP contribution is 2.44. The van der Waals surface area contributed by atoms with Gasteiger partial charge >= 0.3 is 0 Å². The Morgan fingerprint density at radius 1 is 1.25 bits per heavy atom. The first kappa shape index (κ1) is 19.4. The van der Waals surface area contributed by atoms with Crippen molar-refractivity contribution in [3.05, 3.63) is 74.4 Å². The Labute approximate surface area is 174 Å². The first-order chi connectivity index (χ1) is 13.7. The molecule has 0 spiro atoms. The minimum atomic E-state index is -0.413. The van der Waals surface area contributed by atoms with Crippen molar-refractivity contribution in [2.45, 2.75) is 32.1 Å². The Balaban J connectivity index is 1.33. The number of piperidine rings is 1. The van der Waals surface area contributed by atoms with Gasteiger partial charge in [0.1, 0.15) is 0 Å². The molecule has 146 valence electrons. The summed E-state index contributed by atoms with van der Waals surface area (Å²) in [6.45, 7) is 4.10. The van der Waals surface area contributed by atoms with Crippen LogP contribution in [-0.2, 0) is 4.79 Å². The molecule has 1 unspecified atom stereocenters. The van der Waals surface area contributed by atoms with Crippen LogP contribution in [0.1, 0.15) is 48.4 Å². The van der Waals surface area contributed by atoms with Crippen LogP contribution in [0.4, 0.5) is 0 Å². The second kappa shape index (κ2) is 9.03. The van der Waals surface area contributed by atoms with Crippen molar-refractivity contribution in [1.82, 2.24) is 9.29 Å². The number of aromatic nitrogens is 1. The first-order valence-electron chi connectivity index (χ1n) is 9.88. The summed E-state index contributed by atoms with van der Waals surface area (Å²) in [5.41, 5.74) is 3.16. The van der Waals surface area contributed by atoms with Crippen molar-refractivity contribution in [2.75, 3.05) is 13.1 Å². The predicted molar refractivity (Wildman–Crippen MR) is 123 cm³/mol. The molecule has 2 aliphatic rings. The van der Waals surface area contributed by atoms with Crippen LogP contribution in [0.5, 0.6) is 0 Å². The second-order valence-electron chi connectivity index (χ2n) is 7.14. The number of thiazole rings is 1. The highest BCUT2D eigenvalue weighted by atomic mass is 32.2. The molecule has 1 atom stereocenters. The molecule has 1 aromatic carbocycles. The number of Topliss-reactive ketones (excluding diaryl/α,β-unsaturated/α-hetero) is 1. The smallest absolute Gasteiger partial charge is 0.163 e. The van der Waals surface area contributed by atoms with Gasteiger partial charge in [-0.1, -0.05) is 43.3 Å². The lowest BCUT2D eigenvalue weighted by Gasteiger charge is -2.35. The SMILES string of the molecule is CCC(=O)C1=C[SH](N2CCC(c3nc(C=Cc4ccccc4)cs3)CC2)C=C1. The average Bonchev–Trinajstić information content (AvgIpc) is 3.43. The summed E-state index contributed by atoms with van der Waals surface area (Å²) < 4.78 is 2.54. The second-order valence-corrected chi connectivity index (χ2v) is 9.91. The molecule has 0 saturated carbocycles. The topological polar surface area (TPSA) is 33.2 Å². The zero-order valence-corrected chi connectivity index (χ0v) is 17.8. The minimum absolute atomic E-state index is 0.259. The maximum absolute atomic E-state index is 11.9. The van der Waals surface area contributed by atoms with E-state index in [2.05, 4.69) is 56.9 Å². The van der Waals surface area contributed by atoms with E-state index < -0.39 is 11.1 Å². The van der Waals surface area contributed by atoms with Gasteiger partial charge < -0.3 is 0 Å². The zero-order valence-electron chi connectivity index (χ0n) is 16.1. The third-order valence-electron chi connectivity index (χ3n) is 5.25. The summed E-state index contributed by atoms with van der Waals surface area (Å²) in [4.78, 5) is 16.8. The van der Waals surface area contributed by atoms with E-state index in [1.165, 1.54) is 10.6 Å². The summed E-state index contributed by atoms with van der Waals surface area (Å²) in [5.74, 6) is 0.817. The van der Waals surface area contributed by atoms with E-state index >= 15 is 0 Å². The minimum Gasteiger partial charge on any atom is -0.294 e. The number of hydrogen-bond donors (Lipinski definition) is 1. The van der Waals surface area contributed by atoms with Crippen LogP contribution in [0.15, 0.2) is 58.2 Å². The summed E-state index contributed by atoms with van der Waals surface area (Å²) in [6, 6.07) is 10.3. The lowest BCUT2D eigenvalue weighted by Crippen LogP contribution is -2.29. The third-order valence-corrected chi connectivity index (χ3v) is 8.33. The van der Waals surface area contributed by atoms with Crippen molar-refractivity contribution < 1.29 is 4.79 Å². The molecule has 1 fully saturated rings. The van der Waals surface area contributed by atoms with Gasteiger partial charge in [-0.25, -0.2) is 4.98 Å². The monoisotopic (exact) mass is 410 g/mol. The number of carbonyl (C=O) groups excluding carboxylic acids is 1. The quantitative estimate of drug-likeness (QED) is 0.611. The van der Waals surface area contributed by atoms with Gasteiger partial charge in [-0.2, -0.15) is 11.1 Å². The molecule has 0 radical (unpaired) electrons. The predicted octanol–water partition coefficient (Wildman–Crippen LogP) is 5.80. The van der Waals surface area contributed by atoms with Gasteiger partial charge in [0, 0.05) is 36.4 Å². The molecular formula is C23H26N2OS2.